The summed E-state index contributed by atoms with van der Waals surface area (Å²) in [6.07, 6.45) is 1.11. The van der Waals surface area contributed by atoms with E-state index in [1.165, 1.54) is 7.11 Å². The molecule has 54 valence electrons. The van der Waals surface area contributed by atoms with Gasteiger partial charge in [0.15, 0.2) is 0 Å². The van der Waals surface area contributed by atoms with Gasteiger partial charge in [-0.3, -0.25) is 0 Å². The van der Waals surface area contributed by atoms with E-state index in [0.29, 0.717) is 0 Å². The Morgan fingerprint density at radius 1 is 1.67 bits per heavy atom. The fraction of sp³-hybridized carbons (Fsp3) is 0.250. The SMILES string of the molecule is C=CC(=O)OC.[SiH3]O[SiH3]. The lowest BCUT2D eigenvalue weighted by molar-refractivity contribution is -0.134. The van der Waals surface area contributed by atoms with Gasteiger partial charge in [0.05, 0.1) is 7.11 Å². The minimum absolute atomic E-state index is 0.394. The molecule has 0 fully saturated rings. The Kier molecular flexibility index (Phi) is 13.4. The number of hydrogen-bond donors (Lipinski definition) is 0. The Balaban J connectivity index is 0. The summed E-state index contributed by atoms with van der Waals surface area (Å²) in [5.41, 5.74) is 0. The monoisotopic (exact) mass is 164 g/mol. The highest BCUT2D eigenvalue weighted by molar-refractivity contribution is 6.15. The molecule has 0 bridgehead atoms. The second kappa shape index (κ2) is 10.6. The molecular weight excluding hydrogens is 152 g/mol. The summed E-state index contributed by atoms with van der Waals surface area (Å²) in [7, 11) is 3.17. The van der Waals surface area contributed by atoms with Gasteiger partial charge in [-0.25, -0.2) is 4.79 Å². The van der Waals surface area contributed by atoms with E-state index < -0.39 is 5.97 Å². The number of carbonyl (C=O) groups excluding carboxylic acids is 1. The number of carbonyl (C=O) groups is 1. The van der Waals surface area contributed by atoms with E-state index >= 15 is 0 Å². The number of esters is 1. The zero-order valence-corrected chi connectivity index (χ0v) is 10.0. The van der Waals surface area contributed by atoms with Crippen LogP contribution in [0.15, 0.2) is 12.7 Å². The van der Waals surface area contributed by atoms with Gasteiger partial charge in [0.2, 0.25) is 0 Å². The van der Waals surface area contributed by atoms with Gasteiger partial charge in [0.1, 0.15) is 21.0 Å². The van der Waals surface area contributed by atoms with Crippen LogP contribution in [0.25, 0.3) is 0 Å². The maximum atomic E-state index is 9.84. The first-order chi connectivity index (χ1) is 4.22. The summed E-state index contributed by atoms with van der Waals surface area (Å²) in [5, 5.41) is 0. The highest BCUT2D eigenvalue weighted by atomic mass is 28.3. The number of hydrogen-bond acceptors (Lipinski definition) is 3. The van der Waals surface area contributed by atoms with Crippen molar-refractivity contribution in [3.63, 3.8) is 0 Å². The first kappa shape index (κ1) is 11.4. The highest BCUT2D eigenvalue weighted by Gasteiger charge is 1.81. The molecule has 0 heterocycles. The number of rotatable bonds is 1. The molecule has 0 saturated heterocycles. The highest BCUT2D eigenvalue weighted by Crippen LogP contribution is 1.67. The van der Waals surface area contributed by atoms with Gasteiger partial charge in [-0.15, -0.1) is 0 Å². The van der Waals surface area contributed by atoms with Gasteiger partial charge in [-0.05, 0) is 0 Å². The largest absolute Gasteiger partial charge is 0.471 e. The third-order valence-corrected chi connectivity index (χ3v) is 0.368. The molecule has 0 spiro atoms. The van der Waals surface area contributed by atoms with E-state index in [1.807, 2.05) is 0 Å². The Morgan fingerprint density at radius 2 is 2.00 bits per heavy atom. The summed E-state index contributed by atoms with van der Waals surface area (Å²) >= 11 is 0. The van der Waals surface area contributed by atoms with Crippen molar-refractivity contribution in [3.05, 3.63) is 12.7 Å². The second-order valence-electron chi connectivity index (χ2n) is 1.14. The lowest BCUT2D eigenvalue weighted by Crippen LogP contribution is -1.91. The third kappa shape index (κ3) is 18.4. The maximum Gasteiger partial charge on any atom is 0.329 e. The Labute approximate surface area is 61.1 Å². The van der Waals surface area contributed by atoms with E-state index in [-0.39, 0.29) is 0 Å². The molecule has 0 aliphatic rings. The number of ether oxygens (including phenoxy) is 1. The van der Waals surface area contributed by atoms with Gasteiger partial charge >= 0.3 is 5.97 Å². The maximum absolute atomic E-state index is 9.84. The third-order valence-electron chi connectivity index (χ3n) is 0.368. The Morgan fingerprint density at radius 3 is 2.00 bits per heavy atom. The molecule has 0 aromatic carbocycles. The molecule has 0 saturated carbocycles. The molecule has 9 heavy (non-hydrogen) atoms. The molecule has 0 N–H and O–H groups in total. The van der Waals surface area contributed by atoms with Crippen LogP contribution in [-0.2, 0) is 13.6 Å². The van der Waals surface area contributed by atoms with Crippen LogP contribution in [0.4, 0.5) is 0 Å². The average Bonchev–Trinajstić information content (AvgIpc) is 1.88. The molecule has 0 rings (SSSR count). The van der Waals surface area contributed by atoms with Gasteiger partial charge < -0.3 is 8.85 Å². The quantitative estimate of drug-likeness (QED) is 0.253. The molecule has 0 aromatic heterocycles. The minimum Gasteiger partial charge on any atom is -0.471 e. The standard InChI is InChI=1S/C4H6O2.H6OSi2/c1-3-4(5)6-2;2-1-3/h3H,1H2,2H3;2-3H3. The van der Waals surface area contributed by atoms with Crippen LogP contribution in [-0.4, -0.2) is 34.1 Å². The molecule has 5 heteroatoms. The fourth-order valence-electron chi connectivity index (χ4n) is 0.0833. The molecule has 0 aliphatic heterocycles. The zero-order valence-electron chi connectivity index (χ0n) is 6.01. The van der Waals surface area contributed by atoms with Crippen molar-refractivity contribution < 1.29 is 13.6 Å². The van der Waals surface area contributed by atoms with E-state index in [2.05, 4.69) is 15.4 Å². The lowest BCUT2D eigenvalue weighted by Gasteiger charge is -1.83. The molecule has 0 radical (unpaired) electrons. The van der Waals surface area contributed by atoms with Crippen molar-refractivity contribution in [3.8, 4) is 0 Å². The lowest BCUT2D eigenvalue weighted by atomic mass is 10.7. The fourth-order valence-corrected chi connectivity index (χ4v) is 0.0833. The minimum atomic E-state index is -0.394. The molecule has 0 unspecified atom stereocenters. The molecule has 0 atom stereocenters. The Hall–Kier alpha value is -0.396. The Bertz CT molecular complexity index is 83.9. The van der Waals surface area contributed by atoms with Gasteiger partial charge in [-0.1, -0.05) is 6.58 Å². The van der Waals surface area contributed by atoms with Crippen LogP contribution in [0.1, 0.15) is 0 Å². The first-order valence-corrected chi connectivity index (χ1v) is 3.96. The van der Waals surface area contributed by atoms with Crippen molar-refractivity contribution in [1.82, 2.24) is 0 Å². The summed E-state index contributed by atoms with van der Waals surface area (Å²) in [6.45, 7) is 3.16. The molecule has 0 aliphatic carbocycles. The van der Waals surface area contributed by atoms with Crippen molar-refractivity contribution in [2.45, 2.75) is 0 Å². The van der Waals surface area contributed by atoms with Crippen LogP contribution in [0.2, 0.25) is 0 Å². The summed E-state index contributed by atoms with van der Waals surface area (Å²) in [4.78, 5) is 9.84. The molecule has 0 amide bonds. The smallest absolute Gasteiger partial charge is 0.329 e. The van der Waals surface area contributed by atoms with E-state index in [9.17, 15) is 4.79 Å². The normalized spacial score (nSPS) is 7.22. The van der Waals surface area contributed by atoms with Crippen LogP contribution in [0.3, 0.4) is 0 Å². The van der Waals surface area contributed by atoms with Crippen LogP contribution in [0, 0.1) is 0 Å². The van der Waals surface area contributed by atoms with E-state index in [0.717, 1.165) is 27.0 Å². The second-order valence-corrected chi connectivity index (χ2v) is 4.40. The molecule has 3 nitrogen and oxygen atoms in total. The number of methoxy groups -OCH3 is 1. The van der Waals surface area contributed by atoms with Crippen molar-refractivity contribution in [2.24, 2.45) is 0 Å². The van der Waals surface area contributed by atoms with Crippen LogP contribution < -0.4 is 0 Å². The van der Waals surface area contributed by atoms with Gasteiger partial charge in [-0.2, -0.15) is 0 Å². The van der Waals surface area contributed by atoms with E-state index in [1.54, 1.807) is 0 Å². The van der Waals surface area contributed by atoms with E-state index in [4.69, 9.17) is 0 Å². The van der Waals surface area contributed by atoms with Crippen molar-refractivity contribution in [1.29, 1.82) is 0 Å². The summed E-state index contributed by atoms with van der Waals surface area (Å²) in [6, 6.07) is 0. The average molecular weight is 164 g/mol. The topological polar surface area (TPSA) is 35.5 Å². The van der Waals surface area contributed by atoms with Crippen LogP contribution >= 0.6 is 0 Å². The molecular formula is C4H12O3Si2. The predicted octanol–water partition coefficient (Wildman–Crippen LogP) is -2.09. The molecule has 0 aromatic rings. The van der Waals surface area contributed by atoms with Crippen LogP contribution in [0.5, 0.6) is 0 Å². The van der Waals surface area contributed by atoms with Gasteiger partial charge in [0.25, 0.3) is 0 Å². The first-order valence-electron chi connectivity index (χ1n) is 2.33. The van der Waals surface area contributed by atoms with Gasteiger partial charge in [0, 0.05) is 6.08 Å². The van der Waals surface area contributed by atoms with Crippen molar-refractivity contribution >= 4 is 26.9 Å². The predicted molar refractivity (Wildman–Crippen MR) is 43.2 cm³/mol. The summed E-state index contributed by atoms with van der Waals surface area (Å²) < 4.78 is 8.67. The zero-order chi connectivity index (χ0) is 7.70. The van der Waals surface area contributed by atoms with Crippen molar-refractivity contribution in [2.75, 3.05) is 7.11 Å². The summed E-state index contributed by atoms with van der Waals surface area (Å²) in [5.74, 6) is -0.394.